The van der Waals surface area contributed by atoms with Crippen LogP contribution in [0.1, 0.15) is 38.5 Å². The molecule has 0 aromatic rings. The minimum absolute atomic E-state index is 1.22. The Balaban J connectivity index is 1.15. The van der Waals surface area contributed by atoms with Crippen molar-refractivity contribution >= 4 is 0 Å². The maximum Gasteiger partial charge on any atom is -0.0312 e. The van der Waals surface area contributed by atoms with Gasteiger partial charge in [-0.3, -0.25) is 0 Å². The van der Waals surface area contributed by atoms with Crippen molar-refractivity contribution in [2.24, 2.45) is 71.0 Å². The van der Waals surface area contributed by atoms with Crippen LogP contribution in [0.2, 0.25) is 0 Å². The molecule has 0 saturated heterocycles. The van der Waals surface area contributed by atoms with E-state index in [0.29, 0.717) is 0 Å². The van der Waals surface area contributed by atoms with Crippen LogP contribution < -0.4 is 0 Å². The van der Waals surface area contributed by atoms with E-state index in [1.807, 2.05) is 0 Å². The van der Waals surface area contributed by atoms with E-state index in [2.05, 4.69) is 0 Å². The highest BCUT2D eigenvalue weighted by Crippen LogP contribution is 2.85. The second-order valence-corrected chi connectivity index (χ2v) is 9.26. The first kappa shape index (κ1) is 9.03. The average Bonchev–Trinajstić information content (AvgIpc) is 2.29. The minimum atomic E-state index is 1.22. The van der Waals surface area contributed by atoms with Gasteiger partial charge in [-0.15, -0.1) is 0 Å². The third-order valence-corrected chi connectivity index (χ3v) is 9.77. The molecule has 0 heterocycles. The van der Waals surface area contributed by atoms with E-state index >= 15 is 0 Å². The van der Waals surface area contributed by atoms with Gasteiger partial charge in [0.15, 0.2) is 0 Å². The first-order valence-electron chi connectivity index (χ1n) is 8.93. The molecular formula is C18H24. The standard InChI is InChI=1S/C18H24/c1-2-8-7(1)5-11(8)12-6-13-14(12)18-16-10-4-3-9(10)15(16)17(13)18/h7-18H,1-6H2. The van der Waals surface area contributed by atoms with E-state index in [9.17, 15) is 0 Å². The molecule has 96 valence electrons. The van der Waals surface area contributed by atoms with E-state index in [0.717, 1.165) is 0 Å². The van der Waals surface area contributed by atoms with Crippen LogP contribution in [0.4, 0.5) is 0 Å². The molecule has 0 radical (unpaired) electrons. The Labute approximate surface area is 110 Å². The molecule has 0 aliphatic heterocycles. The summed E-state index contributed by atoms with van der Waals surface area (Å²) < 4.78 is 0. The van der Waals surface area contributed by atoms with Crippen LogP contribution in [0.5, 0.6) is 0 Å². The zero-order valence-electron chi connectivity index (χ0n) is 11.2. The predicted octanol–water partition coefficient (Wildman–Crippen LogP) is 3.82. The quantitative estimate of drug-likeness (QED) is 0.611. The minimum Gasteiger partial charge on any atom is -0.0499 e. The van der Waals surface area contributed by atoms with E-state index in [4.69, 9.17) is 0 Å². The Hall–Kier alpha value is 0. The van der Waals surface area contributed by atoms with Crippen molar-refractivity contribution in [1.29, 1.82) is 0 Å². The lowest BCUT2D eigenvalue weighted by molar-refractivity contribution is -0.385. The third kappa shape index (κ3) is 0.657. The monoisotopic (exact) mass is 240 g/mol. The van der Waals surface area contributed by atoms with Gasteiger partial charge < -0.3 is 0 Å². The molecular weight excluding hydrogens is 216 g/mol. The molecule has 7 rings (SSSR count). The highest BCUT2D eigenvalue weighted by molar-refractivity contribution is 5.28. The van der Waals surface area contributed by atoms with E-state index in [1.165, 1.54) is 71.0 Å². The van der Waals surface area contributed by atoms with Crippen molar-refractivity contribution in [2.45, 2.75) is 38.5 Å². The van der Waals surface area contributed by atoms with Gasteiger partial charge in [0.05, 0.1) is 0 Å². The number of rotatable bonds is 1. The van der Waals surface area contributed by atoms with Crippen LogP contribution in [-0.4, -0.2) is 0 Å². The summed E-state index contributed by atoms with van der Waals surface area (Å²) in [6, 6.07) is 0. The molecule has 0 amide bonds. The molecule has 0 aromatic heterocycles. The third-order valence-electron chi connectivity index (χ3n) is 9.77. The summed E-state index contributed by atoms with van der Waals surface area (Å²) in [5.41, 5.74) is 0. The van der Waals surface area contributed by atoms with Gasteiger partial charge >= 0.3 is 0 Å². The zero-order chi connectivity index (χ0) is 11.2. The molecule has 0 spiro atoms. The van der Waals surface area contributed by atoms with Gasteiger partial charge in [0.25, 0.3) is 0 Å². The topological polar surface area (TPSA) is 0 Å². The van der Waals surface area contributed by atoms with Crippen molar-refractivity contribution in [3.63, 3.8) is 0 Å². The largest absolute Gasteiger partial charge is 0.0499 e. The van der Waals surface area contributed by atoms with Crippen molar-refractivity contribution in [3.05, 3.63) is 0 Å². The summed E-state index contributed by atoms with van der Waals surface area (Å²) in [5, 5.41) is 0. The zero-order valence-corrected chi connectivity index (χ0v) is 11.2. The maximum absolute atomic E-state index is 1.69. The fourth-order valence-corrected chi connectivity index (χ4v) is 8.79. The normalized spacial score (nSPS) is 80.0. The second-order valence-electron chi connectivity index (χ2n) is 9.26. The first-order valence-corrected chi connectivity index (χ1v) is 8.93. The average molecular weight is 240 g/mol. The summed E-state index contributed by atoms with van der Waals surface area (Å²) in [4.78, 5) is 0. The van der Waals surface area contributed by atoms with Crippen molar-refractivity contribution in [2.75, 3.05) is 0 Å². The molecule has 7 fully saturated rings. The number of hydrogen-bond acceptors (Lipinski definition) is 0. The van der Waals surface area contributed by atoms with Crippen LogP contribution in [0.15, 0.2) is 0 Å². The molecule has 7 aliphatic rings. The molecule has 7 aliphatic carbocycles. The highest BCUT2D eigenvalue weighted by atomic mass is 14.8. The van der Waals surface area contributed by atoms with Gasteiger partial charge in [0, 0.05) is 0 Å². The Bertz CT molecular complexity index is 438. The van der Waals surface area contributed by atoms with E-state index < -0.39 is 0 Å². The summed E-state index contributed by atoms with van der Waals surface area (Å²) in [7, 11) is 0. The van der Waals surface area contributed by atoms with Gasteiger partial charge in [0.2, 0.25) is 0 Å². The number of hydrogen-bond donors (Lipinski definition) is 0. The lowest BCUT2D eigenvalue weighted by Crippen LogP contribution is -2.81. The Kier molecular flexibility index (Phi) is 1.24. The van der Waals surface area contributed by atoms with Crippen LogP contribution in [0.3, 0.4) is 0 Å². The van der Waals surface area contributed by atoms with Crippen molar-refractivity contribution < 1.29 is 0 Å². The Morgan fingerprint density at radius 1 is 0.389 bits per heavy atom. The lowest BCUT2D eigenvalue weighted by atomic mass is 9.19. The predicted molar refractivity (Wildman–Crippen MR) is 69.6 cm³/mol. The van der Waals surface area contributed by atoms with Crippen LogP contribution in [-0.2, 0) is 0 Å². The van der Waals surface area contributed by atoms with Gasteiger partial charge in [-0.2, -0.15) is 0 Å². The SMILES string of the molecule is C1CC2C1CC2C1CC2C1C1C3C4CCC4C3C21. The molecule has 0 aromatic carbocycles. The van der Waals surface area contributed by atoms with Gasteiger partial charge in [-0.25, -0.2) is 0 Å². The van der Waals surface area contributed by atoms with Gasteiger partial charge in [-0.05, 0) is 110 Å². The molecule has 7 saturated carbocycles. The molecule has 0 heteroatoms. The summed E-state index contributed by atoms with van der Waals surface area (Å²) >= 11 is 0. The molecule has 0 N–H and O–H groups in total. The van der Waals surface area contributed by atoms with Crippen molar-refractivity contribution in [1.82, 2.24) is 0 Å². The summed E-state index contributed by atoms with van der Waals surface area (Å²) in [6.45, 7) is 0. The Morgan fingerprint density at radius 2 is 1.11 bits per heavy atom. The summed E-state index contributed by atoms with van der Waals surface area (Å²) in [6.07, 6.45) is 9.83. The molecule has 18 heavy (non-hydrogen) atoms. The smallest absolute Gasteiger partial charge is 0.0312 e. The Morgan fingerprint density at radius 3 is 1.72 bits per heavy atom. The fraction of sp³-hybridized carbons (Fsp3) is 1.00. The fourth-order valence-electron chi connectivity index (χ4n) is 8.79. The van der Waals surface area contributed by atoms with Gasteiger partial charge in [0.1, 0.15) is 0 Å². The second kappa shape index (κ2) is 2.47. The van der Waals surface area contributed by atoms with E-state index in [-0.39, 0.29) is 0 Å². The highest BCUT2D eigenvalue weighted by Gasteiger charge is 2.80. The van der Waals surface area contributed by atoms with Crippen LogP contribution in [0.25, 0.3) is 0 Å². The van der Waals surface area contributed by atoms with Crippen molar-refractivity contribution in [3.8, 4) is 0 Å². The molecule has 0 bridgehead atoms. The molecule has 12 atom stereocenters. The lowest BCUT2D eigenvalue weighted by Gasteiger charge is -2.86. The summed E-state index contributed by atoms with van der Waals surface area (Å²) in [5.74, 6) is 15.2. The maximum atomic E-state index is 1.69. The first-order chi connectivity index (χ1) is 8.93. The molecule has 12 unspecified atom stereocenters. The van der Waals surface area contributed by atoms with E-state index in [1.54, 1.807) is 38.5 Å². The molecule has 0 nitrogen and oxygen atoms in total. The van der Waals surface area contributed by atoms with Crippen LogP contribution >= 0.6 is 0 Å². The van der Waals surface area contributed by atoms with Crippen LogP contribution in [0, 0.1) is 71.0 Å². The van der Waals surface area contributed by atoms with Gasteiger partial charge in [-0.1, -0.05) is 0 Å². The number of fused-ring (bicyclic) bond motifs is 11.